The van der Waals surface area contributed by atoms with E-state index in [1.54, 1.807) is 0 Å². The maximum atomic E-state index is 13.5. The van der Waals surface area contributed by atoms with Crippen LogP contribution in [0.5, 0.6) is 0 Å². The molecule has 0 aliphatic carbocycles. The zero-order chi connectivity index (χ0) is 30.4. The van der Waals surface area contributed by atoms with Crippen LogP contribution in [0.25, 0.3) is 0 Å². The summed E-state index contributed by atoms with van der Waals surface area (Å²) in [5.74, 6) is 0. The SMILES string of the molecule is CCCCCCCCCCCCCCOP(=O)(NCCC1=CCN(C)C=C1)OCCCCCCCCCCCCCC.I. The van der Waals surface area contributed by atoms with Gasteiger partial charge in [0.2, 0.25) is 0 Å². The maximum absolute atomic E-state index is 13.5. The van der Waals surface area contributed by atoms with E-state index in [-0.39, 0.29) is 24.0 Å². The molecule has 0 aromatic rings. The first-order chi connectivity index (χ1) is 20.6. The van der Waals surface area contributed by atoms with Gasteiger partial charge in [-0.1, -0.05) is 161 Å². The predicted octanol–water partition coefficient (Wildman–Crippen LogP) is 12.5. The van der Waals surface area contributed by atoms with Crippen LogP contribution in [-0.2, 0) is 13.6 Å². The van der Waals surface area contributed by atoms with Crippen molar-refractivity contribution in [2.45, 2.75) is 174 Å². The molecule has 1 rings (SSSR count). The van der Waals surface area contributed by atoms with Gasteiger partial charge in [0, 0.05) is 20.1 Å². The molecule has 0 fully saturated rings. The van der Waals surface area contributed by atoms with E-state index >= 15 is 0 Å². The second-order valence-electron chi connectivity index (χ2n) is 12.6. The highest BCUT2D eigenvalue weighted by Crippen LogP contribution is 2.44. The van der Waals surface area contributed by atoms with Crippen LogP contribution in [0.1, 0.15) is 174 Å². The van der Waals surface area contributed by atoms with E-state index in [2.05, 4.69) is 49.2 Å². The van der Waals surface area contributed by atoms with E-state index in [9.17, 15) is 4.57 Å². The van der Waals surface area contributed by atoms with Crippen LogP contribution >= 0.6 is 31.7 Å². The fourth-order valence-corrected chi connectivity index (χ4v) is 6.90. The Morgan fingerprint density at radius 2 is 1.02 bits per heavy atom. The third-order valence-corrected chi connectivity index (χ3v) is 10.1. The normalized spacial score (nSPS) is 13.4. The Labute approximate surface area is 285 Å². The highest BCUT2D eigenvalue weighted by molar-refractivity contribution is 14.0. The molecular weight excluding hydrogens is 666 g/mol. The van der Waals surface area contributed by atoms with Crippen molar-refractivity contribution in [1.82, 2.24) is 9.99 Å². The van der Waals surface area contributed by atoms with Crippen LogP contribution in [0.2, 0.25) is 0 Å². The molecule has 0 aromatic carbocycles. The zero-order valence-electron chi connectivity index (χ0n) is 28.8. The molecule has 7 heteroatoms. The molecule has 0 spiro atoms. The lowest BCUT2D eigenvalue weighted by Crippen LogP contribution is -2.19. The molecule has 43 heavy (non-hydrogen) atoms. The largest absolute Gasteiger partial charge is 0.405 e. The van der Waals surface area contributed by atoms with Crippen LogP contribution in [0, 0.1) is 0 Å². The van der Waals surface area contributed by atoms with Crippen molar-refractivity contribution in [2.75, 3.05) is 33.4 Å². The molecule has 0 atom stereocenters. The van der Waals surface area contributed by atoms with Crippen molar-refractivity contribution >= 4 is 31.7 Å². The van der Waals surface area contributed by atoms with E-state index in [1.807, 2.05) is 0 Å². The Balaban J connectivity index is 0.0000176. The average Bonchev–Trinajstić information content (AvgIpc) is 2.99. The third-order valence-electron chi connectivity index (χ3n) is 8.42. The van der Waals surface area contributed by atoms with Gasteiger partial charge in [0.25, 0.3) is 0 Å². The van der Waals surface area contributed by atoms with E-state index in [0.29, 0.717) is 19.8 Å². The number of hydrogen-bond donors (Lipinski definition) is 1. The van der Waals surface area contributed by atoms with Crippen LogP contribution in [0.3, 0.4) is 0 Å². The summed E-state index contributed by atoms with van der Waals surface area (Å²) in [6.07, 6.45) is 38.7. The van der Waals surface area contributed by atoms with Gasteiger partial charge >= 0.3 is 7.75 Å². The number of rotatable bonds is 32. The summed E-state index contributed by atoms with van der Waals surface area (Å²) >= 11 is 0. The van der Waals surface area contributed by atoms with Gasteiger partial charge in [-0.05, 0) is 37.1 Å². The maximum Gasteiger partial charge on any atom is 0.405 e. The molecule has 0 saturated carbocycles. The summed E-state index contributed by atoms with van der Waals surface area (Å²) in [5.41, 5.74) is 1.27. The molecule has 1 aliphatic rings. The number of nitrogens with zero attached hydrogens (tertiary/aromatic N) is 1. The van der Waals surface area contributed by atoms with E-state index < -0.39 is 7.75 Å². The minimum atomic E-state index is -3.28. The predicted molar refractivity (Wildman–Crippen MR) is 200 cm³/mol. The van der Waals surface area contributed by atoms with Crippen molar-refractivity contribution in [2.24, 2.45) is 0 Å². The van der Waals surface area contributed by atoms with Crippen LogP contribution in [0.4, 0.5) is 0 Å². The van der Waals surface area contributed by atoms with Gasteiger partial charge in [0.05, 0.1) is 13.2 Å². The summed E-state index contributed by atoms with van der Waals surface area (Å²) < 4.78 is 25.3. The quantitative estimate of drug-likeness (QED) is 0.0423. The smallest absolute Gasteiger partial charge is 0.377 e. The fraction of sp³-hybridized carbons (Fsp3) is 0.889. The summed E-state index contributed by atoms with van der Waals surface area (Å²) in [7, 11) is -1.20. The Morgan fingerprint density at radius 3 is 1.37 bits per heavy atom. The van der Waals surface area contributed by atoms with Gasteiger partial charge in [-0.25, -0.2) is 9.65 Å². The molecule has 1 heterocycles. The summed E-state index contributed by atoms with van der Waals surface area (Å²) in [4.78, 5) is 2.15. The number of nitrogens with one attached hydrogen (secondary N) is 1. The fourth-order valence-electron chi connectivity index (χ4n) is 5.52. The first-order valence-corrected chi connectivity index (χ1v) is 19.9. The van der Waals surface area contributed by atoms with E-state index in [4.69, 9.17) is 9.05 Å². The highest BCUT2D eigenvalue weighted by Gasteiger charge is 2.24. The Bertz CT molecular complexity index is 670. The molecule has 0 amide bonds. The Morgan fingerprint density at radius 1 is 0.651 bits per heavy atom. The average molecular weight is 739 g/mol. The van der Waals surface area contributed by atoms with Gasteiger partial charge in [-0.15, -0.1) is 24.0 Å². The minimum Gasteiger partial charge on any atom is -0.377 e. The number of halogens is 1. The standard InChI is InChI=1S/C36H71N2O3P.HI/c1-4-6-8-10-12-14-16-18-20-22-24-26-34-40-42(39,37-31-28-36-29-32-38(3)33-30-36)41-35-27-25-23-21-19-17-15-13-11-9-7-5-2;/h29-30,32H,4-28,31,33-35H2,1-3H3,(H,37,39);1H. The number of unbranched alkanes of at least 4 members (excludes halogenated alkanes) is 22. The van der Waals surface area contributed by atoms with Gasteiger partial charge in [-0.3, -0.25) is 9.05 Å². The highest BCUT2D eigenvalue weighted by atomic mass is 127. The van der Waals surface area contributed by atoms with Crippen molar-refractivity contribution < 1.29 is 13.6 Å². The second kappa shape index (κ2) is 32.1. The van der Waals surface area contributed by atoms with Crippen molar-refractivity contribution in [3.8, 4) is 0 Å². The van der Waals surface area contributed by atoms with Crippen molar-refractivity contribution in [3.05, 3.63) is 23.9 Å². The Hall–Kier alpha value is 0.120. The monoisotopic (exact) mass is 738 g/mol. The lowest BCUT2D eigenvalue weighted by molar-refractivity contribution is 0.189. The van der Waals surface area contributed by atoms with Crippen molar-refractivity contribution in [1.29, 1.82) is 0 Å². The summed E-state index contributed by atoms with van der Waals surface area (Å²) in [6.45, 7) is 7.10. The van der Waals surface area contributed by atoms with Crippen LogP contribution in [0.15, 0.2) is 23.9 Å². The van der Waals surface area contributed by atoms with Crippen LogP contribution in [-0.4, -0.2) is 38.3 Å². The molecule has 256 valence electrons. The van der Waals surface area contributed by atoms with Gasteiger partial charge in [0.15, 0.2) is 0 Å². The first-order valence-electron chi connectivity index (χ1n) is 18.3. The number of allylic oxidation sites excluding steroid dienone is 1. The molecule has 0 radical (unpaired) electrons. The summed E-state index contributed by atoms with van der Waals surface area (Å²) in [6, 6.07) is 0. The molecule has 0 bridgehead atoms. The van der Waals surface area contributed by atoms with E-state index in [0.717, 1.165) is 38.6 Å². The third kappa shape index (κ3) is 28.1. The minimum absolute atomic E-state index is 0. The topological polar surface area (TPSA) is 50.8 Å². The van der Waals surface area contributed by atoms with Crippen molar-refractivity contribution in [3.63, 3.8) is 0 Å². The summed E-state index contributed by atoms with van der Waals surface area (Å²) in [5, 5.41) is 3.16. The van der Waals surface area contributed by atoms with Crippen LogP contribution < -0.4 is 5.09 Å². The lowest BCUT2D eigenvalue weighted by Gasteiger charge is -2.21. The van der Waals surface area contributed by atoms with Gasteiger partial charge in [-0.2, -0.15) is 0 Å². The zero-order valence-corrected chi connectivity index (χ0v) is 32.0. The molecule has 0 unspecified atom stereocenters. The van der Waals surface area contributed by atoms with E-state index in [1.165, 1.54) is 134 Å². The van der Waals surface area contributed by atoms with Gasteiger partial charge < -0.3 is 4.90 Å². The first kappa shape index (κ1) is 43.1. The Kier molecular flexibility index (Phi) is 32.2. The molecule has 0 saturated heterocycles. The second-order valence-corrected chi connectivity index (χ2v) is 14.5. The molecular formula is C36H72IN2O3P. The van der Waals surface area contributed by atoms with Gasteiger partial charge in [0.1, 0.15) is 0 Å². The lowest BCUT2D eigenvalue weighted by atomic mass is 10.1. The molecule has 5 nitrogen and oxygen atoms in total. The molecule has 1 aliphatic heterocycles. The molecule has 1 N–H and O–H groups in total. The number of hydrogen-bond acceptors (Lipinski definition) is 4. The molecule has 0 aromatic heterocycles. The number of likely N-dealkylation sites (N-methyl/N-ethyl adjacent to an activating group) is 1.